The molecule has 1 fully saturated rings. The van der Waals surface area contributed by atoms with E-state index >= 15 is 0 Å². The summed E-state index contributed by atoms with van der Waals surface area (Å²) in [4.78, 5) is 11.6. The number of aryl methyl sites for hydroxylation is 1. The van der Waals surface area contributed by atoms with Crippen LogP contribution in [0.2, 0.25) is 0 Å². The average molecular weight is 205 g/mol. The number of hydrogen-bond acceptors (Lipinski definition) is 2. The van der Waals surface area contributed by atoms with Crippen molar-refractivity contribution in [2.75, 3.05) is 0 Å². The van der Waals surface area contributed by atoms with E-state index < -0.39 is 0 Å². The fourth-order valence-corrected chi connectivity index (χ4v) is 1.48. The summed E-state index contributed by atoms with van der Waals surface area (Å²) in [5.74, 6) is -0.0925. The molecule has 80 valence electrons. The highest BCUT2D eigenvalue weighted by Crippen LogP contribution is 2.23. The van der Waals surface area contributed by atoms with Crippen LogP contribution in [0.3, 0.4) is 0 Å². The van der Waals surface area contributed by atoms with Crippen LogP contribution in [-0.2, 0) is 6.42 Å². The molecule has 0 radical (unpaired) electrons. The van der Waals surface area contributed by atoms with Crippen molar-refractivity contribution in [1.29, 1.82) is 0 Å². The Balaban J connectivity index is 2.15. The molecule has 0 heterocycles. The smallest absolute Gasteiger partial charge is 0.255 e. The Hall–Kier alpha value is -1.51. The molecule has 1 aromatic rings. The largest absolute Gasteiger partial charge is 0.507 e. The third-order valence-corrected chi connectivity index (χ3v) is 2.63. The lowest BCUT2D eigenvalue weighted by molar-refractivity contribution is 0.0948. The molecule has 0 unspecified atom stereocenters. The van der Waals surface area contributed by atoms with E-state index in [4.69, 9.17) is 0 Å². The molecule has 3 heteroatoms. The summed E-state index contributed by atoms with van der Waals surface area (Å²) in [5, 5.41) is 12.5. The van der Waals surface area contributed by atoms with Crippen molar-refractivity contribution in [1.82, 2.24) is 5.32 Å². The first kappa shape index (κ1) is 10.0. The van der Waals surface area contributed by atoms with Crippen molar-refractivity contribution in [3.8, 4) is 5.75 Å². The highest BCUT2D eigenvalue weighted by Gasteiger charge is 2.24. The van der Waals surface area contributed by atoms with Gasteiger partial charge in [-0.25, -0.2) is 0 Å². The van der Waals surface area contributed by atoms with Crippen LogP contribution in [0.4, 0.5) is 0 Å². The first-order valence-corrected chi connectivity index (χ1v) is 5.33. The van der Waals surface area contributed by atoms with Crippen LogP contribution in [0.15, 0.2) is 18.2 Å². The molecular weight excluding hydrogens is 190 g/mol. The summed E-state index contributed by atoms with van der Waals surface area (Å²) in [5.41, 5.74) is 1.41. The number of benzene rings is 1. The molecule has 1 aliphatic carbocycles. The van der Waals surface area contributed by atoms with Gasteiger partial charge in [0, 0.05) is 6.04 Å². The zero-order chi connectivity index (χ0) is 10.8. The number of phenols is 1. The number of hydrogen-bond donors (Lipinski definition) is 2. The summed E-state index contributed by atoms with van der Waals surface area (Å²) < 4.78 is 0. The molecule has 0 bridgehead atoms. The number of rotatable bonds is 3. The van der Waals surface area contributed by atoms with Crippen LogP contribution in [-0.4, -0.2) is 17.1 Å². The highest BCUT2D eigenvalue weighted by molar-refractivity contribution is 5.97. The lowest BCUT2D eigenvalue weighted by Gasteiger charge is -2.06. The molecule has 0 atom stereocenters. The monoisotopic (exact) mass is 205 g/mol. The van der Waals surface area contributed by atoms with Crippen LogP contribution in [0.25, 0.3) is 0 Å². The summed E-state index contributed by atoms with van der Waals surface area (Å²) in [6, 6.07) is 5.54. The van der Waals surface area contributed by atoms with Gasteiger partial charge in [0.1, 0.15) is 5.75 Å². The Labute approximate surface area is 89.1 Å². The summed E-state index contributed by atoms with van der Waals surface area (Å²) >= 11 is 0. The molecule has 0 aliphatic heterocycles. The maximum absolute atomic E-state index is 11.6. The lowest BCUT2D eigenvalue weighted by Crippen LogP contribution is -2.25. The van der Waals surface area contributed by atoms with Crippen molar-refractivity contribution in [2.45, 2.75) is 32.2 Å². The van der Waals surface area contributed by atoms with Crippen LogP contribution in [0, 0.1) is 0 Å². The van der Waals surface area contributed by atoms with E-state index in [-0.39, 0.29) is 11.7 Å². The van der Waals surface area contributed by atoms with Crippen molar-refractivity contribution >= 4 is 5.91 Å². The van der Waals surface area contributed by atoms with Crippen molar-refractivity contribution in [3.63, 3.8) is 0 Å². The molecule has 1 amide bonds. The van der Waals surface area contributed by atoms with Crippen molar-refractivity contribution in [3.05, 3.63) is 29.3 Å². The Bertz CT molecular complexity index is 383. The maximum Gasteiger partial charge on any atom is 0.255 e. The van der Waals surface area contributed by atoms with Gasteiger partial charge in [-0.1, -0.05) is 13.0 Å². The molecule has 15 heavy (non-hydrogen) atoms. The number of carbonyl (C=O) groups is 1. The lowest BCUT2D eigenvalue weighted by atomic mass is 10.1. The number of nitrogens with one attached hydrogen (secondary N) is 1. The molecular formula is C12H15NO2. The summed E-state index contributed by atoms with van der Waals surface area (Å²) in [7, 11) is 0. The molecule has 0 spiro atoms. The molecule has 0 aromatic heterocycles. The minimum atomic E-state index is -0.169. The number of aromatic hydroxyl groups is 1. The zero-order valence-electron chi connectivity index (χ0n) is 8.79. The van der Waals surface area contributed by atoms with E-state index in [2.05, 4.69) is 5.32 Å². The fraction of sp³-hybridized carbons (Fsp3) is 0.417. The number of amides is 1. The van der Waals surface area contributed by atoms with E-state index in [0.717, 1.165) is 24.8 Å². The minimum absolute atomic E-state index is 0.0764. The summed E-state index contributed by atoms with van der Waals surface area (Å²) in [6.45, 7) is 2.01. The van der Waals surface area contributed by atoms with Gasteiger partial charge >= 0.3 is 0 Å². The van der Waals surface area contributed by atoms with Crippen molar-refractivity contribution < 1.29 is 9.90 Å². The second-order valence-electron chi connectivity index (χ2n) is 3.95. The van der Waals surface area contributed by atoms with Gasteiger partial charge in [0.2, 0.25) is 0 Å². The second kappa shape index (κ2) is 3.93. The second-order valence-corrected chi connectivity index (χ2v) is 3.95. The quantitative estimate of drug-likeness (QED) is 0.791. The van der Waals surface area contributed by atoms with Crippen molar-refractivity contribution in [2.24, 2.45) is 0 Å². The third-order valence-electron chi connectivity index (χ3n) is 2.63. The van der Waals surface area contributed by atoms with E-state index in [1.807, 2.05) is 13.0 Å². The van der Waals surface area contributed by atoms with E-state index in [9.17, 15) is 9.90 Å². The van der Waals surface area contributed by atoms with E-state index in [1.165, 1.54) is 0 Å². The molecule has 2 rings (SSSR count). The Kier molecular flexibility index (Phi) is 2.62. The zero-order valence-corrected chi connectivity index (χ0v) is 8.79. The maximum atomic E-state index is 11.6. The third kappa shape index (κ3) is 2.29. The van der Waals surface area contributed by atoms with E-state index in [1.54, 1.807) is 12.1 Å². The predicted molar refractivity (Wildman–Crippen MR) is 58.0 cm³/mol. The number of phenolic OH excluding ortho intramolecular Hbond substituents is 1. The molecule has 1 saturated carbocycles. The van der Waals surface area contributed by atoms with Gasteiger partial charge in [-0.05, 0) is 37.0 Å². The van der Waals surface area contributed by atoms with Crippen LogP contribution < -0.4 is 5.32 Å². The van der Waals surface area contributed by atoms with Gasteiger partial charge in [-0.3, -0.25) is 4.79 Å². The van der Waals surface area contributed by atoms with Crippen LogP contribution >= 0.6 is 0 Å². The van der Waals surface area contributed by atoms with Gasteiger partial charge in [0.15, 0.2) is 0 Å². The van der Waals surface area contributed by atoms with Gasteiger partial charge < -0.3 is 10.4 Å². The van der Waals surface area contributed by atoms with Gasteiger partial charge in [0.25, 0.3) is 5.91 Å². The predicted octanol–water partition coefficient (Wildman–Crippen LogP) is 1.85. The SMILES string of the molecule is CCc1ccc(C(=O)NC2CC2)c(O)c1. The van der Waals surface area contributed by atoms with Gasteiger partial charge in [-0.2, -0.15) is 0 Å². The summed E-state index contributed by atoms with van der Waals surface area (Å²) in [6.07, 6.45) is 2.97. The normalized spacial score (nSPS) is 15.0. The molecule has 3 nitrogen and oxygen atoms in total. The number of carbonyl (C=O) groups excluding carboxylic acids is 1. The molecule has 1 aromatic carbocycles. The Morgan fingerprint density at radius 2 is 2.27 bits per heavy atom. The van der Waals surface area contributed by atoms with Crippen LogP contribution in [0.1, 0.15) is 35.7 Å². The average Bonchev–Trinajstić information content (AvgIpc) is 3.01. The molecule has 1 aliphatic rings. The first-order chi connectivity index (χ1) is 7.20. The van der Waals surface area contributed by atoms with Crippen LogP contribution in [0.5, 0.6) is 5.75 Å². The molecule has 0 saturated heterocycles. The Morgan fingerprint density at radius 3 is 2.80 bits per heavy atom. The fourth-order valence-electron chi connectivity index (χ4n) is 1.48. The standard InChI is InChI=1S/C12H15NO2/c1-2-8-3-6-10(11(14)7-8)12(15)13-9-4-5-9/h3,6-7,9,14H,2,4-5H2,1H3,(H,13,15). The van der Waals surface area contributed by atoms with Gasteiger partial charge in [-0.15, -0.1) is 0 Å². The van der Waals surface area contributed by atoms with E-state index in [0.29, 0.717) is 11.6 Å². The van der Waals surface area contributed by atoms with Gasteiger partial charge in [0.05, 0.1) is 5.56 Å². The minimum Gasteiger partial charge on any atom is -0.507 e. The highest BCUT2D eigenvalue weighted by atomic mass is 16.3. The first-order valence-electron chi connectivity index (χ1n) is 5.33. The Morgan fingerprint density at radius 1 is 1.53 bits per heavy atom. The molecule has 2 N–H and O–H groups in total. The topological polar surface area (TPSA) is 49.3 Å².